The second kappa shape index (κ2) is 5.56. The fourth-order valence-electron chi connectivity index (χ4n) is 0.405. The molecule has 0 rings (SSSR count). The van der Waals surface area contributed by atoms with Gasteiger partial charge in [0.1, 0.15) is 6.73 Å². The van der Waals surface area contributed by atoms with Crippen molar-refractivity contribution in [2.45, 2.75) is 13.8 Å². The predicted molar refractivity (Wildman–Crippen MR) is 34.9 cm³/mol. The Morgan fingerprint density at radius 3 is 2.56 bits per heavy atom. The minimum absolute atomic E-state index is 0.413. The van der Waals surface area contributed by atoms with E-state index in [1.54, 1.807) is 4.90 Å². The van der Waals surface area contributed by atoms with Gasteiger partial charge in [-0.3, -0.25) is 4.79 Å². The van der Waals surface area contributed by atoms with Gasteiger partial charge in [0.15, 0.2) is 0 Å². The second-order valence-corrected chi connectivity index (χ2v) is 1.63. The molecule has 0 fully saturated rings. The Kier molecular flexibility index (Phi) is 5.21. The highest BCUT2D eigenvalue weighted by atomic mass is 16.5. The molecule has 0 spiro atoms. The van der Waals surface area contributed by atoms with Crippen molar-refractivity contribution >= 4 is 6.41 Å². The van der Waals surface area contributed by atoms with Gasteiger partial charge in [-0.15, -0.1) is 0 Å². The largest absolute Gasteiger partial charge is 0.361 e. The number of hydrogen-bond donors (Lipinski definition) is 0. The van der Waals surface area contributed by atoms with Crippen LogP contribution in [0.2, 0.25) is 0 Å². The Hall–Kier alpha value is -0.570. The molecule has 0 aliphatic heterocycles. The number of carbonyl (C=O) groups excluding carboxylic acids is 1. The lowest BCUT2D eigenvalue weighted by Gasteiger charge is -2.12. The SMILES string of the molecule is CCOCN(C=O)CC. The number of ether oxygens (including phenoxy) is 1. The lowest BCUT2D eigenvalue weighted by molar-refractivity contribution is -0.122. The van der Waals surface area contributed by atoms with Crippen LogP contribution in [0.25, 0.3) is 0 Å². The summed E-state index contributed by atoms with van der Waals surface area (Å²) in [6.45, 7) is 5.59. The molecule has 1 amide bonds. The highest BCUT2D eigenvalue weighted by Gasteiger charge is 1.93. The van der Waals surface area contributed by atoms with E-state index in [1.165, 1.54) is 0 Å². The molecule has 0 aromatic carbocycles. The molecule has 0 unspecified atom stereocenters. The van der Waals surface area contributed by atoms with E-state index in [9.17, 15) is 4.79 Å². The van der Waals surface area contributed by atoms with E-state index in [1.807, 2.05) is 13.8 Å². The summed E-state index contributed by atoms with van der Waals surface area (Å²) in [5.74, 6) is 0. The molecular weight excluding hydrogens is 118 g/mol. The Morgan fingerprint density at radius 2 is 2.22 bits per heavy atom. The van der Waals surface area contributed by atoms with Crippen LogP contribution in [0.5, 0.6) is 0 Å². The van der Waals surface area contributed by atoms with E-state index in [0.717, 1.165) is 6.41 Å². The molecule has 0 aliphatic carbocycles. The molecular formula is C6H13NO2. The Morgan fingerprint density at radius 1 is 1.56 bits per heavy atom. The molecule has 0 aliphatic rings. The standard InChI is InChI=1S/C6H13NO2/c1-3-7(5-8)6-9-4-2/h5H,3-4,6H2,1-2H3. The highest BCUT2D eigenvalue weighted by Crippen LogP contribution is 1.81. The molecule has 0 saturated heterocycles. The number of amides is 1. The fraction of sp³-hybridized carbons (Fsp3) is 0.833. The maximum absolute atomic E-state index is 10.1. The van der Waals surface area contributed by atoms with Crippen molar-refractivity contribution in [3.8, 4) is 0 Å². The molecule has 0 saturated carbocycles. The van der Waals surface area contributed by atoms with Crippen molar-refractivity contribution in [2.24, 2.45) is 0 Å². The predicted octanol–water partition coefficient (Wildman–Crippen LogP) is 0.459. The van der Waals surface area contributed by atoms with Gasteiger partial charge in [-0.2, -0.15) is 0 Å². The molecule has 0 radical (unpaired) electrons. The topological polar surface area (TPSA) is 29.5 Å². The van der Waals surface area contributed by atoms with Gasteiger partial charge >= 0.3 is 0 Å². The zero-order chi connectivity index (χ0) is 7.11. The van der Waals surface area contributed by atoms with Crippen molar-refractivity contribution in [1.29, 1.82) is 0 Å². The molecule has 3 nitrogen and oxygen atoms in total. The van der Waals surface area contributed by atoms with E-state index in [4.69, 9.17) is 4.74 Å². The van der Waals surface area contributed by atoms with Crippen LogP contribution in [-0.4, -0.2) is 31.2 Å². The van der Waals surface area contributed by atoms with Crippen LogP contribution in [-0.2, 0) is 9.53 Å². The summed E-state index contributed by atoms with van der Waals surface area (Å²) in [5, 5.41) is 0. The first kappa shape index (κ1) is 8.43. The minimum Gasteiger partial charge on any atom is -0.361 e. The first-order valence-corrected chi connectivity index (χ1v) is 3.12. The van der Waals surface area contributed by atoms with Crippen LogP contribution in [0.4, 0.5) is 0 Å². The normalized spacial score (nSPS) is 9.11. The third-order valence-corrected chi connectivity index (χ3v) is 1.02. The van der Waals surface area contributed by atoms with Gasteiger partial charge in [0.2, 0.25) is 6.41 Å². The van der Waals surface area contributed by atoms with Gasteiger partial charge in [-0.25, -0.2) is 0 Å². The van der Waals surface area contributed by atoms with Crippen molar-refractivity contribution in [3.05, 3.63) is 0 Å². The maximum Gasteiger partial charge on any atom is 0.211 e. The Balaban J connectivity index is 3.20. The molecule has 0 heterocycles. The smallest absolute Gasteiger partial charge is 0.211 e. The number of rotatable bonds is 5. The van der Waals surface area contributed by atoms with Gasteiger partial charge in [-0.1, -0.05) is 0 Å². The summed E-state index contributed by atoms with van der Waals surface area (Å²) in [7, 11) is 0. The molecule has 9 heavy (non-hydrogen) atoms. The van der Waals surface area contributed by atoms with Gasteiger partial charge in [0.25, 0.3) is 0 Å². The quantitative estimate of drug-likeness (QED) is 0.400. The Bertz CT molecular complexity index is 75.5. The van der Waals surface area contributed by atoms with E-state index < -0.39 is 0 Å². The van der Waals surface area contributed by atoms with E-state index in [-0.39, 0.29) is 0 Å². The lowest BCUT2D eigenvalue weighted by Crippen LogP contribution is -2.24. The maximum atomic E-state index is 10.1. The highest BCUT2D eigenvalue weighted by molar-refractivity contribution is 5.46. The third-order valence-electron chi connectivity index (χ3n) is 1.02. The zero-order valence-corrected chi connectivity index (χ0v) is 5.96. The van der Waals surface area contributed by atoms with E-state index in [2.05, 4.69) is 0 Å². The van der Waals surface area contributed by atoms with Crippen LogP contribution in [0, 0.1) is 0 Å². The summed E-state index contributed by atoms with van der Waals surface area (Å²) in [6, 6.07) is 0. The number of hydrogen-bond acceptors (Lipinski definition) is 2. The van der Waals surface area contributed by atoms with Crippen LogP contribution >= 0.6 is 0 Å². The van der Waals surface area contributed by atoms with Crippen LogP contribution in [0.3, 0.4) is 0 Å². The van der Waals surface area contributed by atoms with Gasteiger partial charge < -0.3 is 9.64 Å². The lowest BCUT2D eigenvalue weighted by atomic mass is 10.7. The summed E-state index contributed by atoms with van der Waals surface area (Å²) in [5.41, 5.74) is 0. The van der Waals surface area contributed by atoms with E-state index >= 15 is 0 Å². The monoisotopic (exact) mass is 131 g/mol. The van der Waals surface area contributed by atoms with Crippen LogP contribution in [0.15, 0.2) is 0 Å². The zero-order valence-electron chi connectivity index (χ0n) is 5.96. The van der Waals surface area contributed by atoms with Crippen LogP contribution in [0.1, 0.15) is 13.8 Å². The summed E-state index contributed by atoms with van der Waals surface area (Å²) in [4.78, 5) is 11.6. The number of carbonyl (C=O) groups is 1. The molecule has 0 aromatic rings. The Labute approximate surface area is 55.6 Å². The van der Waals surface area contributed by atoms with Crippen molar-refractivity contribution in [2.75, 3.05) is 19.9 Å². The number of nitrogens with zero attached hydrogens (tertiary/aromatic N) is 1. The minimum atomic E-state index is 0.413. The van der Waals surface area contributed by atoms with Gasteiger partial charge in [0, 0.05) is 13.2 Å². The van der Waals surface area contributed by atoms with Crippen LogP contribution < -0.4 is 0 Å². The fourth-order valence-corrected chi connectivity index (χ4v) is 0.405. The average molecular weight is 131 g/mol. The molecule has 0 bridgehead atoms. The molecule has 0 N–H and O–H groups in total. The first-order valence-electron chi connectivity index (χ1n) is 3.12. The van der Waals surface area contributed by atoms with Gasteiger partial charge in [0.05, 0.1) is 0 Å². The third kappa shape index (κ3) is 3.97. The summed E-state index contributed by atoms with van der Waals surface area (Å²) < 4.78 is 4.97. The van der Waals surface area contributed by atoms with E-state index in [0.29, 0.717) is 19.9 Å². The second-order valence-electron chi connectivity index (χ2n) is 1.63. The van der Waals surface area contributed by atoms with Crippen molar-refractivity contribution in [3.63, 3.8) is 0 Å². The summed E-state index contributed by atoms with van der Waals surface area (Å²) in [6.07, 6.45) is 0.787. The van der Waals surface area contributed by atoms with Gasteiger partial charge in [-0.05, 0) is 13.8 Å². The molecule has 54 valence electrons. The molecule has 3 heteroatoms. The van der Waals surface area contributed by atoms with Crippen molar-refractivity contribution in [1.82, 2.24) is 4.90 Å². The molecule has 0 aromatic heterocycles. The summed E-state index contributed by atoms with van der Waals surface area (Å²) >= 11 is 0. The average Bonchev–Trinajstić information content (AvgIpc) is 1.91. The first-order chi connectivity index (χ1) is 4.35. The van der Waals surface area contributed by atoms with Crippen molar-refractivity contribution < 1.29 is 9.53 Å². The molecule has 0 atom stereocenters.